The largest absolute Gasteiger partial charge is 0.143 e. The minimum Gasteiger partial charge on any atom is -0.143 e. The van der Waals surface area contributed by atoms with Crippen molar-refractivity contribution >= 4 is 22.9 Å². The van der Waals surface area contributed by atoms with Crippen LogP contribution in [-0.4, -0.2) is 0 Å². The van der Waals surface area contributed by atoms with E-state index in [2.05, 4.69) is 51.1 Å². The molecule has 21 heavy (non-hydrogen) atoms. The van der Waals surface area contributed by atoms with E-state index < -0.39 is 0 Å². The van der Waals surface area contributed by atoms with Crippen molar-refractivity contribution in [1.82, 2.24) is 0 Å². The van der Waals surface area contributed by atoms with E-state index >= 15 is 0 Å². The van der Waals surface area contributed by atoms with Crippen LogP contribution in [0.25, 0.3) is 0 Å². The minimum absolute atomic E-state index is 0.00498. The normalized spacial score (nSPS) is 16.6. The van der Waals surface area contributed by atoms with Gasteiger partial charge in [0.1, 0.15) is 0 Å². The molecule has 0 nitrogen and oxygen atoms in total. The Morgan fingerprint density at radius 1 is 1.05 bits per heavy atom. The number of hydrogen-bond donors (Lipinski definition) is 0. The third-order valence-corrected chi connectivity index (χ3v) is 6.25. The summed E-state index contributed by atoms with van der Waals surface area (Å²) in [7, 11) is 0. The molecule has 112 valence electrons. The number of aryl methyl sites for hydroxylation is 2. The molecule has 1 unspecified atom stereocenters. The van der Waals surface area contributed by atoms with Gasteiger partial charge in [0, 0.05) is 9.75 Å². The molecule has 1 heterocycles. The van der Waals surface area contributed by atoms with Gasteiger partial charge in [0.15, 0.2) is 0 Å². The van der Waals surface area contributed by atoms with Gasteiger partial charge in [-0.3, -0.25) is 0 Å². The number of benzene rings is 1. The molecule has 0 saturated heterocycles. The number of hydrogen-bond acceptors (Lipinski definition) is 1. The van der Waals surface area contributed by atoms with Crippen LogP contribution in [0.3, 0.4) is 0 Å². The second-order valence-corrected chi connectivity index (χ2v) is 8.64. The van der Waals surface area contributed by atoms with Gasteiger partial charge in [0.2, 0.25) is 0 Å². The predicted molar refractivity (Wildman–Crippen MR) is 93.8 cm³/mol. The van der Waals surface area contributed by atoms with Crippen molar-refractivity contribution in [2.75, 3.05) is 0 Å². The van der Waals surface area contributed by atoms with Crippen LogP contribution >= 0.6 is 22.9 Å². The Bertz CT molecular complexity index is 593. The first-order valence-corrected chi connectivity index (χ1v) is 9.06. The molecular formula is C19H23ClS. The Labute approximate surface area is 137 Å². The van der Waals surface area contributed by atoms with Gasteiger partial charge in [-0.05, 0) is 53.9 Å². The Hall–Kier alpha value is -0.790. The van der Waals surface area contributed by atoms with E-state index in [4.69, 9.17) is 11.6 Å². The maximum Gasteiger partial charge on any atom is 0.0927 e. The van der Waals surface area contributed by atoms with E-state index in [9.17, 15) is 0 Å². The monoisotopic (exact) mass is 318 g/mol. The summed E-state index contributed by atoms with van der Waals surface area (Å²) in [4.78, 5) is 2.88. The quantitative estimate of drug-likeness (QED) is 0.574. The molecule has 0 radical (unpaired) electrons. The molecule has 0 N–H and O–H groups in total. The maximum absolute atomic E-state index is 6.73. The number of thiophene rings is 1. The molecule has 1 aromatic carbocycles. The lowest BCUT2D eigenvalue weighted by Crippen LogP contribution is -2.10. The SMILES string of the molecule is CC(C)(C)c1ccc(C(Cl)c2cc3c(s2)CCCC3)cc1. The highest BCUT2D eigenvalue weighted by atomic mass is 35.5. The average Bonchev–Trinajstić information content (AvgIpc) is 2.89. The van der Waals surface area contributed by atoms with E-state index in [-0.39, 0.29) is 10.8 Å². The molecule has 1 atom stereocenters. The highest BCUT2D eigenvalue weighted by Crippen LogP contribution is 2.38. The van der Waals surface area contributed by atoms with Crippen LogP contribution in [0.4, 0.5) is 0 Å². The predicted octanol–water partition coefficient (Wildman–Crippen LogP) is 6.25. The van der Waals surface area contributed by atoms with E-state index in [1.165, 1.54) is 41.7 Å². The van der Waals surface area contributed by atoms with Gasteiger partial charge < -0.3 is 0 Å². The number of halogens is 1. The Kier molecular flexibility index (Phi) is 4.16. The Morgan fingerprint density at radius 3 is 2.33 bits per heavy atom. The van der Waals surface area contributed by atoms with Gasteiger partial charge in [-0.15, -0.1) is 22.9 Å². The highest BCUT2D eigenvalue weighted by Gasteiger charge is 2.20. The average molecular weight is 319 g/mol. The molecule has 1 aromatic heterocycles. The van der Waals surface area contributed by atoms with Crippen LogP contribution in [-0.2, 0) is 18.3 Å². The van der Waals surface area contributed by atoms with Crippen molar-refractivity contribution in [1.29, 1.82) is 0 Å². The summed E-state index contributed by atoms with van der Waals surface area (Å²) in [6.45, 7) is 6.73. The van der Waals surface area contributed by atoms with Crippen molar-refractivity contribution < 1.29 is 0 Å². The summed E-state index contributed by atoms with van der Waals surface area (Å²) < 4.78 is 0. The number of rotatable bonds is 2. The molecule has 3 rings (SSSR count). The third kappa shape index (κ3) is 3.19. The number of fused-ring (bicyclic) bond motifs is 1. The molecule has 0 fully saturated rings. The molecule has 0 bridgehead atoms. The highest BCUT2D eigenvalue weighted by molar-refractivity contribution is 7.12. The van der Waals surface area contributed by atoms with Crippen LogP contribution < -0.4 is 0 Å². The van der Waals surface area contributed by atoms with Crippen molar-refractivity contribution in [3.05, 3.63) is 56.8 Å². The first-order valence-electron chi connectivity index (χ1n) is 7.81. The first-order chi connectivity index (χ1) is 9.95. The van der Waals surface area contributed by atoms with Crippen LogP contribution in [0.15, 0.2) is 30.3 Å². The third-order valence-electron chi connectivity index (χ3n) is 4.33. The van der Waals surface area contributed by atoms with E-state index in [0.29, 0.717) is 0 Å². The zero-order chi connectivity index (χ0) is 15.0. The summed E-state index contributed by atoms with van der Waals surface area (Å²) in [5, 5.41) is -0.00498. The van der Waals surface area contributed by atoms with Crippen LogP contribution in [0.5, 0.6) is 0 Å². The zero-order valence-corrected chi connectivity index (χ0v) is 14.7. The molecule has 1 aliphatic carbocycles. The van der Waals surface area contributed by atoms with Gasteiger partial charge >= 0.3 is 0 Å². The van der Waals surface area contributed by atoms with Gasteiger partial charge in [-0.1, -0.05) is 45.0 Å². The second-order valence-electron chi connectivity index (χ2n) is 7.04. The summed E-state index contributed by atoms with van der Waals surface area (Å²) in [6, 6.07) is 11.2. The lowest BCUT2D eigenvalue weighted by molar-refractivity contribution is 0.590. The van der Waals surface area contributed by atoms with Crippen molar-refractivity contribution in [3.63, 3.8) is 0 Å². The summed E-state index contributed by atoms with van der Waals surface area (Å²) in [5.74, 6) is 0. The lowest BCUT2D eigenvalue weighted by atomic mass is 9.86. The zero-order valence-electron chi connectivity index (χ0n) is 13.1. The topological polar surface area (TPSA) is 0 Å². The molecule has 0 spiro atoms. The summed E-state index contributed by atoms with van der Waals surface area (Å²) in [6.07, 6.45) is 5.14. The van der Waals surface area contributed by atoms with Gasteiger partial charge in [-0.25, -0.2) is 0 Å². The number of alkyl halides is 1. The molecule has 0 saturated carbocycles. The van der Waals surface area contributed by atoms with Crippen LogP contribution in [0.2, 0.25) is 0 Å². The summed E-state index contributed by atoms with van der Waals surface area (Å²) >= 11 is 8.64. The van der Waals surface area contributed by atoms with Gasteiger partial charge in [-0.2, -0.15) is 0 Å². The fourth-order valence-corrected chi connectivity index (χ4v) is 4.56. The Balaban J connectivity index is 1.84. The smallest absolute Gasteiger partial charge is 0.0927 e. The molecule has 2 heteroatoms. The van der Waals surface area contributed by atoms with E-state index in [1.54, 1.807) is 10.4 Å². The maximum atomic E-state index is 6.73. The van der Waals surface area contributed by atoms with E-state index in [0.717, 1.165) is 0 Å². The summed E-state index contributed by atoms with van der Waals surface area (Å²) in [5.41, 5.74) is 4.31. The minimum atomic E-state index is -0.00498. The van der Waals surface area contributed by atoms with Gasteiger partial charge in [0.25, 0.3) is 0 Å². The van der Waals surface area contributed by atoms with E-state index in [1.807, 2.05) is 11.3 Å². The fraction of sp³-hybridized carbons (Fsp3) is 0.474. The molecule has 0 amide bonds. The molecule has 2 aromatic rings. The van der Waals surface area contributed by atoms with Crippen molar-refractivity contribution in [3.8, 4) is 0 Å². The van der Waals surface area contributed by atoms with Crippen molar-refractivity contribution in [2.45, 2.75) is 57.2 Å². The van der Waals surface area contributed by atoms with Crippen LogP contribution in [0, 0.1) is 0 Å². The van der Waals surface area contributed by atoms with Crippen molar-refractivity contribution in [2.24, 2.45) is 0 Å². The lowest BCUT2D eigenvalue weighted by Gasteiger charge is -2.19. The first kappa shape index (κ1) is 15.1. The molecular weight excluding hydrogens is 296 g/mol. The second kappa shape index (κ2) is 5.78. The molecule has 1 aliphatic rings. The Morgan fingerprint density at radius 2 is 1.71 bits per heavy atom. The standard InChI is InChI=1S/C19H23ClS/c1-19(2,3)15-10-8-13(9-11-15)18(20)17-12-14-6-4-5-7-16(14)21-17/h8-12,18H,4-7H2,1-3H3. The molecule has 0 aliphatic heterocycles. The fourth-order valence-electron chi connectivity index (χ4n) is 2.95. The van der Waals surface area contributed by atoms with Gasteiger partial charge in [0.05, 0.1) is 5.38 Å². The van der Waals surface area contributed by atoms with Crippen LogP contribution in [0.1, 0.15) is 65.4 Å².